The number of benzene rings is 1. The molecule has 3 heteroatoms. The van der Waals surface area contributed by atoms with Crippen LogP contribution in [0.5, 0.6) is 11.5 Å². The van der Waals surface area contributed by atoms with Crippen LogP contribution in [0, 0.1) is 0 Å². The van der Waals surface area contributed by atoms with Crippen molar-refractivity contribution in [1.29, 1.82) is 0 Å². The van der Waals surface area contributed by atoms with Crippen molar-refractivity contribution in [1.82, 2.24) is 0 Å². The van der Waals surface area contributed by atoms with E-state index in [1.54, 1.807) is 14.2 Å². The molecule has 15 heavy (non-hydrogen) atoms. The fourth-order valence-electron chi connectivity index (χ4n) is 1.59. The summed E-state index contributed by atoms with van der Waals surface area (Å²) in [6, 6.07) is 5.78. The number of rotatable bonds is 5. The Morgan fingerprint density at radius 1 is 1.27 bits per heavy atom. The van der Waals surface area contributed by atoms with Crippen LogP contribution in [0.3, 0.4) is 0 Å². The molecule has 3 nitrogen and oxygen atoms in total. The van der Waals surface area contributed by atoms with E-state index in [9.17, 15) is 0 Å². The molecule has 1 aromatic carbocycles. The minimum atomic E-state index is 0.0378. The van der Waals surface area contributed by atoms with Crippen LogP contribution in [0.4, 0.5) is 0 Å². The summed E-state index contributed by atoms with van der Waals surface area (Å²) < 4.78 is 10.4. The number of ether oxygens (including phenoxy) is 2. The van der Waals surface area contributed by atoms with Gasteiger partial charge in [0, 0.05) is 17.7 Å². The maximum atomic E-state index is 6.05. The van der Waals surface area contributed by atoms with Crippen molar-refractivity contribution in [2.24, 2.45) is 5.73 Å². The van der Waals surface area contributed by atoms with E-state index in [1.807, 2.05) is 18.2 Å². The van der Waals surface area contributed by atoms with Crippen LogP contribution in [0.2, 0.25) is 0 Å². The van der Waals surface area contributed by atoms with Gasteiger partial charge in [0.05, 0.1) is 14.2 Å². The first-order valence-corrected chi connectivity index (χ1v) is 5.20. The van der Waals surface area contributed by atoms with Gasteiger partial charge in [0.25, 0.3) is 0 Å². The van der Waals surface area contributed by atoms with Gasteiger partial charge in [0.1, 0.15) is 11.5 Å². The average molecular weight is 209 g/mol. The summed E-state index contributed by atoms with van der Waals surface area (Å²) >= 11 is 0. The second kappa shape index (κ2) is 5.61. The molecule has 1 rings (SSSR count). The molecule has 0 saturated carbocycles. The van der Waals surface area contributed by atoms with Crippen molar-refractivity contribution in [2.75, 3.05) is 14.2 Å². The van der Waals surface area contributed by atoms with E-state index in [2.05, 4.69) is 6.92 Å². The highest BCUT2D eigenvalue weighted by Crippen LogP contribution is 2.30. The maximum absolute atomic E-state index is 6.05. The molecule has 0 radical (unpaired) electrons. The monoisotopic (exact) mass is 209 g/mol. The van der Waals surface area contributed by atoms with Crippen molar-refractivity contribution in [3.63, 3.8) is 0 Å². The van der Waals surface area contributed by atoms with Gasteiger partial charge >= 0.3 is 0 Å². The Balaban J connectivity index is 2.96. The van der Waals surface area contributed by atoms with E-state index >= 15 is 0 Å². The molecule has 0 spiro atoms. The van der Waals surface area contributed by atoms with Crippen LogP contribution < -0.4 is 15.2 Å². The first kappa shape index (κ1) is 11.9. The van der Waals surface area contributed by atoms with Crippen molar-refractivity contribution in [3.8, 4) is 11.5 Å². The van der Waals surface area contributed by atoms with Crippen LogP contribution in [0.15, 0.2) is 18.2 Å². The van der Waals surface area contributed by atoms with E-state index in [0.717, 1.165) is 29.9 Å². The van der Waals surface area contributed by atoms with Crippen LogP contribution in [-0.4, -0.2) is 14.2 Å². The molecule has 84 valence electrons. The normalized spacial score (nSPS) is 12.3. The SMILES string of the molecule is CCC[C@@H](N)c1ccc(OC)cc1OC. The molecular formula is C12H19NO2. The topological polar surface area (TPSA) is 44.5 Å². The molecule has 0 aliphatic rings. The van der Waals surface area contributed by atoms with Gasteiger partial charge in [-0.3, -0.25) is 0 Å². The fraction of sp³-hybridized carbons (Fsp3) is 0.500. The number of hydrogen-bond donors (Lipinski definition) is 1. The predicted molar refractivity (Wildman–Crippen MR) is 61.4 cm³/mol. The van der Waals surface area contributed by atoms with E-state index in [1.165, 1.54) is 0 Å². The smallest absolute Gasteiger partial charge is 0.127 e. The van der Waals surface area contributed by atoms with E-state index in [0.29, 0.717) is 0 Å². The number of methoxy groups -OCH3 is 2. The molecule has 0 aliphatic carbocycles. The summed E-state index contributed by atoms with van der Waals surface area (Å²) in [4.78, 5) is 0. The lowest BCUT2D eigenvalue weighted by molar-refractivity contribution is 0.387. The Hall–Kier alpha value is -1.22. The molecule has 1 aromatic rings. The van der Waals surface area contributed by atoms with Gasteiger partial charge < -0.3 is 15.2 Å². The minimum absolute atomic E-state index is 0.0378. The fourth-order valence-corrected chi connectivity index (χ4v) is 1.59. The molecule has 2 N–H and O–H groups in total. The largest absolute Gasteiger partial charge is 0.497 e. The number of hydrogen-bond acceptors (Lipinski definition) is 3. The second-order valence-corrected chi connectivity index (χ2v) is 3.50. The van der Waals surface area contributed by atoms with Gasteiger partial charge in [0.2, 0.25) is 0 Å². The third-order valence-electron chi connectivity index (χ3n) is 2.44. The summed E-state index contributed by atoms with van der Waals surface area (Å²) in [5.41, 5.74) is 7.09. The van der Waals surface area contributed by atoms with Gasteiger partial charge in [0.15, 0.2) is 0 Å². The summed E-state index contributed by atoms with van der Waals surface area (Å²) in [6.45, 7) is 2.12. The van der Waals surface area contributed by atoms with Crippen molar-refractivity contribution < 1.29 is 9.47 Å². The molecule has 0 unspecified atom stereocenters. The van der Waals surface area contributed by atoms with Crippen LogP contribution in [-0.2, 0) is 0 Å². The first-order valence-electron chi connectivity index (χ1n) is 5.20. The van der Waals surface area contributed by atoms with E-state index in [-0.39, 0.29) is 6.04 Å². The standard InChI is InChI=1S/C12H19NO2/c1-4-5-11(13)10-7-6-9(14-2)8-12(10)15-3/h6-8,11H,4-5,13H2,1-3H3/t11-/m1/s1. The molecule has 1 atom stereocenters. The van der Waals surface area contributed by atoms with Crippen LogP contribution >= 0.6 is 0 Å². The van der Waals surface area contributed by atoms with Gasteiger partial charge in [-0.25, -0.2) is 0 Å². The molecular weight excluding hydrogens is 190 g/mol. The third-order valence-corrected chi connectivity index (χ3v) is 2.44. The van der Waals surface area contributed by atoms with Gasteiger partial charge in [-0.15, -0.1) is 0 Å². The summed E-state index contributed by atoms with van der Waals surface area (Å²) in [7, 11) is 3.29. The zero-order valence-electron chi connectivity index (χ0n) is 9.62. The Bertz CT molecular complexity index is 312. The highest BCUT2D eigenvalue weighted by atomic mass is 16.5. The zero-order chi connectivity index (χ0) is 11.3. The van der Waals surface area contributed by atoms with Gasteiger partial charge in [-0.05, 0) is 12.5 Å². The quantitative estimate of drug-likeness (QED) is 0.810. The lowest BCUT2D eigenvalue weighted by atomic mass is 10.0. The van der Waals surface area contributed by atoms with Crippen molar-refractivity contribution >= 4 is 0 Å². The van der Waals surface area contributed by atoms with Gasteiger partial charge in [-0.2, -0.15) is 0 Å². The predicted octanol–water partition coefficient (Wildman–Crippen LogP) is 2.50. The molecule has 0 bridgehead atoms. The lowest BCUT2D eigenvalue weighted by Crippen LogP contribution is -2.11. The van der Waals surface area contributed by atoms with E-state index in [4.69, 9.17) is 15.2 Å². The van der Waals surface area contributed by atoms with E-state index < -0.39 is 0 Å². The third kappa shape index (κ3) is 2.86. The Morgan fingerprint density at radius 3 is 2.53 bits per heavy atom. The highest BCUT2D eigenvalue weighted by molar-refractivity contribution is 5.42. The average Bonchev–Trinajstić information content (AvgIpc) is 2.28. The summed E-state index contributed by atoms with van der Waals surface area (Å²) in [5.74, 6) is 1.59. The molecule has 0 heterocycles. The Morgan fingerprint density at radius 2 is 2.00 bits per heavy atom. The van der Waals surface area contributed by atoms with Crippen LogP contribution in [0.25, 0.3) is 0 Å². The van der Waals surface area contributed by atoms with Gasteiger partial charge in [-0.1, -0.05) is 19.4 Å². The lowest BCUT2D eigenvalue weighted by Gasteiger charge is -2.15. The Labute approximate surface area is 91.2 Å². The molecule has 0 aliphatic heterocycles. The number of nitrogens with two attached hydrogens (primary N) is 1. The highest BCUT2D eigenvalue weighted by Gasteiger charge is 2.11. The summed E-state index contributed by atoms with van der Waals surface area (Å²) in [6.07, 6.45) is 2.03. The first-order chi connectivity index (χ1) is 7.22. The minimum Gasteiger partial charge on any atom is -0.497 e. The Kier molecular flexibility index (Phi) is 4.43. The molecule has 0 amide bonds. The van der Waals surface area contributed by atoms with Crippen LogP contribution in [0.1, 0.15) is 31.4 Å². The second-order valence-electron chi connectivity index (χ2n) is 3.50. The zero-order valence-corrected chi connectivity index (χ0v) is 9.62. The summed E-state index contributed by atoms with van der Waals surface area (Å²) in [5, 5.41) is 0. The maximum Gasteiger partial charge on any atom is 0.127 e. The van der Waals surface area contributed by atoms with Crippen molar-refractivity contribution in [3.05, 3.63) is 23.8 Å². The van der Waals surface area contributed by atoms with Crippen molar-refractivity contribution in [2.45, 2.75) is 25.8 Å². The molecule has 0 aromatic heterocycles. The molecule has 0 fully saturated rings. The molecule has 0 saturated heterocycles.